The Labute approximate surface area is 229 Å². The van der Waals surface area contributed by atoms with Gasteiger partial charge in [-0.1, -0.05) is 78.4 Å². The van der Waals surface area contributed by atoms with E-state index in [2.05, 4.69) is 11.9 Å². The van der Waals surface area contributed by atoms with Gasteiger partial charge in [-0.15, -0.1) is 0 Å². The van der Waals surface area contributed by atoms with Crippen molar-refractivity contribution in [1.29, 1.82) is 0 Å². The summed E-state index contributed by atoms with van der Waals surface area (Å²) in [6, 6.07) is 18.4. The lowest BCUT2D eigenvalue weighted by Gasteiger charge is -2.25. The molecule has 5 rings (SSSR count). The lowest BCUT2D eigenvalue weighted by Crippen LogP contribution is -2.40. The topological polar surface area (TPSA) is 69.9 Å². The summed E-state index contributed by atoms with van der Waals surface area (Å²) in [4.78, 5) is 32.3. The van der Waals surface area contributed by atoms with Gasteiger partial charge in [0, 0.05) is 10.6 Å². The van der Waals surface area contributed by atoms with E-state index in [9.17, 15) is 9.59 Å². The molecule has 1 aromatic heterocycles. The molecule has 0 fully saturated rings. The third-order valence-electron chi connectivity index (χ3n) is 6.38. The molecule has 0 N–H and O–H groups in total. The molecule has 8 heteroatoms. The Morgan fingerprint density at radius 1 is 1.11 bits per heavy atom. The van der Waals surface area contributed by atoms with Gasteiger partial charge in [0.25, 0.3) is 5.56 Å². The third kappa shape index (κ3) is 4.68. The van der Waals surface area contributed by atoms with Crippen LogP contribution < -0.4 is 19.6 Å². The maximum Gasteiger partial charge on any atom is 0.338 e. The third-order valence-corrected chi connectivity index (χ3v) is 7.71. The van der Waals surface area contributed by atoms with Crippen LogP contribution in [0.2, 0.25) is 5.02 Å². The zero-order valence-electron chi connectivity index (χ0n) is 21.4. The Morgan fingerprint density at radius 3 is 2.63 bits per heavy atom. The smallest absolute Gasteiger partial charge is 0.338 e. The molecule has 1 atom stereocenters. The van der Waals surface area contributed by atoms with Crippen LogP contribution in [0.4, 0.5) is 0 Å². The van der Waals surface area contributed by atoms with Crippen LogP contribution in [0.1, 0.15) is 44.4 Å². The number of halogens is 1. The van der Waals surface area contributed by atoms with Gasteiger partial charge < -0.3 is 9.47 Å². The molecule has 0 amide bonds. The number of nitrogens with zero attached hydrogens (tertiary/aromatic N) is 2. The number of esters is 1. The lowest BCUT2D eigenvalue weighted by molar-refractivity contribution is -0.139. The normalized spacial score (nSPS) is 15.4. The van der Waals surface area contributed by atoms with E-state index in [1.807, 2.05) is 60.7 Å². The van der Waals surface area contributed by atoms with Gasteiger partial charge in [-0.3, -0.25) is 9.36 Å². The van der Waals surface area contributed by atoms with Gasteiger partial charge in [0.1, 0.15) is 11.8 Å². The lowest BCUT2D eigenvalue weighted by atomic mass is 9.96. The van der Waals surface area contributed by atoms with Crippen LogP contribution in [0.5, 0.6) is 5.75 Å². The van der Waals surface area contributed by atoms with Crippen LogP contribution in [0.3, 0.4) is 0 Å². The molecule has 6 nitrogen and oxygen atoms in total. The van der Waals surface area contributed by atoms with E-state index in [1.165, 1.54) is 11.3 Å². The van der Waals surface area contributed by atoms with Crippen molar-refractivity contribution in [2.24, 2.45) is 4.99 Å². The van der Waals surface area contributed by atoms with Crippen molar-refractivity contribution in [3.8, 4) is 5.75 Å². The Hall–Kier alpha value is -3.68. The number of carbonyl (C=O) groups is 1. The summed E-state index contributed by atoms with van der Waals surface area (Å²) in [6.07, 6.45) is 2.73. The largest absolute Gasteiger partial charge is 0.493 e. The van der Waals surface area contributed by atoms with Crippen molar-refractivity contribution < 1.29 is 14.3 Å². The highest BCUT2D eigenvalue weighted by atomic mass is 35.5. The summed E-state index contributed by atoms with van der Waals surface area (Å²) in [6.45, 7) is 6.33. The summed E-state index contributed by atoms with van der Waals surface area (Å²) in [5, 5.41) is 2.48. The van der Waals surface area contributed by atoms with Crippen LogP contribution in [0.15, 0.2) is 81.7 Å². The molecule has 0 aliphatic carbocycles. The predicted molar refractivity (Wildman–Crippen MR) is 152 cm³/mol. The van der Waals surface area contributed by atoms with Crippen molar-refractivity contribution >= 4 is 45.8 Å². The molecule has 3 aromatic carbocycles. The number of rotatable bonds is 7. The fraction of sp³-hybridized carbons (Fsp3) is 0.233. The van der Waals surface area contributed by atoms with Crippen molar-refractivity contribution in [2.45, 2.75) is 33.2 Å². The molecule has 4 aromatic rings. The number of hydrogen-bond acceptors (Lipinski definition) is 6. The Kier molecular flexibility index (Phi) is 7.49. The van der Waals surface area contributed by atoms with Gasteiger partial charge in [0.15, 0.2) is 4.80 Å². The molecule has 0 saturated heterocycles. The molecule has 0 unspecified atom stereocenters. The maximum absolute atomic E-state index is 14.0. The van der Waals surface area contributed by atoms with Gasteiger partial charge in [-0.05, 0) is 54.8 Å². The first-order valence-electron chi connectivity index (χ1n) is 12.5. The summed E-state index contributed by atoms with van der Waals surface area (Å²) >= 11 is 7.88. The van der Waals surface area contributed by atoms with E-state index in [-0.39, 0.29) is 12.2 Å². The van der Waals surface area contributed by atoms with Crippen molar-refractivity contribution in [3.63, 3.8) is 0 Å². The van der Waals surface area contributed by atoms with Gasteiger partial charge >= 0.3 is 5.97 Å². The molecule has 0 bridgehead atoms. The van der Waals surface area contributed by atoms with Gasteiger partial charge in [0.05, 0.1) is 29.0 Å². The van der Waals surface area contributed by atoms with Gasteiger partial charge in [0.2, 0.25) is 0 Å². The summed E-state index contributed by atoms with van der Waals surface area (Å²) < 4.78 is 13.5. The van der Waals surface area contributed by atoms with Crippen LogP contribution >= 0.6 is 22.9 Å². The fourth-order valence-corrected chi connectivity index (χ4v) is 5.94. The Balaban J connectivity index is 1.78. The van der Waals surface area contributed by atoms with Gasteiger partial charge in [-0.2, -0.15) is 0 Å². The fourth-order valence-electron chi connectivity index (χ4n) is 4.68. The van der Waals surface area contributed by atoms with Crippen LogP contribution in [-0.4, -0.2) is 23.8 Å². The number of benzene rings is 3. The number of carbonyl (C=O) groups excluding carboxylic acids is 1. The van der Waals surface area contributed by atoms with E-state index >= 15 is 0 Å². The average molecular weight is 547 g/mol. The van der Waals surface area contributed by atoms with Gasteiger partial charge in [-0.25, -0.2) is 9.79 Å². The monoisotopic (exact) mass is 546 g/mol. The van der Waals surface area contributed by atoms with E-state index in [1.54, 1.807) is 24.5 Å². The SMILES string of the molecule is CCCOc1ccc2ccccc2c1/C=c1/sc2n(c1=O)[C@H](c1ccccc1Cl)C(C(=O)OCC)=C(C)N=2. The highest BCUT2D eigenvalue weighted by molar-refractivity contribution is 7.07. The summed E-state index contributed by atoms with van der Waals surface area (Å²) in [7, 11) is 0. The molecular weight excluding hydrogens is 520 g/mol. The number of fused-ring (bicyclic) bond motifs is 2. The van der Waals surface area contributed by atoms with Crippen LogP contribution in [0, 0.1) is 0 Å². The molecule has 0 spiro atoms. The molecule has 1 aliphatic heterocycles. The maximum atomic E-state index is 14.0. The minimum Gasteiger partial charge on any atom is -0.493 e. The predicted octanol–water partition coefficient (Wildman–Crippen LogP) is 5.39. The minimum absolute atomic E-state index is 0.205. The first-order valence-corrected chi connectivity index (χ1v) is 13.7. The van der Waals surface area contributed by atoms with E-state index in [4.69, 9.17) is 21.1 Å². The summed E-state index contributed by atoms with van der Waals surface area (Å²) in [5.74, 6) is 0.194. The second-order valence-electron chi connectivity index (χ2n) is 8.87. The van der Waals surface area contributed by atoms with Crippen molar-refractivity contribution in [2.75, 3.05) is 13.2 Å². The first kappa shape index (κ1) is 25.9. The molecule has 0 saturated carbocycles. The Morgan fingerprint density at radius 2 is 1.87 bits per heavy atom. The number of hydrogen-bond donors (Lipinski definition) is 0. The van der Waals surface area contributed by atoms with Crippen LogP contribution in [0.25, 0.3) is 16.8 Å². The first-order chi connectivity index (χ1) is 18.4. The van der Waals surface area contributed by atoms with Crippen molar-refractivity contribution in [3.05, 3.63) is 108 Å². The second kappa shape index (κ2) is 11.0. The van der Waals surface area contributed by atoms with E-state index in [0.29, 0.717) is 43.5 Å². The highest BCUT2D eigenvalue weighted by Crippen LogP contribution is 2.34. The average Bonchev–Trinajstić information content (AvgIpc) is 3.22. The standard InChI is InChI=1S/C30H27ClN2O4S/c1-4-16-37-24-15-14-19-10-6-7-11-20(19)22(24)17-25-28(34)33-27(21-12-8-9-13-23(21)31)26(29(35)36-5-2)18(3)32-30(33)38-25/h6-15,17,27H,4-5,16H2,1-3H3/b25-17+/t27-/m1/s1. The number of aromatic nitrogens is 1. The zero-order valence-corrected chi connectivity index (χ0v) is 22.9. The molecule has 0 radical (unpaired) electrons. The highest BCUT2D eigenvalue weighted by Gasteiger charge is 2.34. The minimum atomic E-state index is -0.760. The zero-order chi connectivity index (χ0) is 26.8. The summed E-state index contributed by atoms with van der Waals surface area (Å²) in [5.41, 5.74) is 2.01. The number of thiazole rings is 1. The molecule has 194 valence electrons. The van der Waals surface area contributed by atoms with E-state index in [0.717, 1.165) is 22.8 Å². The number of ether oxygens (including phenoxy) is 2. The Bertz CT molecular complexity index is 1750. The number of allylic oxidation sites excluding steroid dienone is 1. The molecule has 38 heavy (non-hydrogen) atoms. The molecule has 2 heterocycles. The second-order valence-corrected chi connectivity index (χ2v) is 10.3. The quantitative estimate of drug-likeness (QED) is 0.291. The molecular formula is C30H27ClN2O4S. The van der Waals surface area contributed by atoms with Crippen LogP contribution in [-0.2, 0) is 9.53 Å². The van der Waals surface area contributed by atoms with Crippen molar-refractivity contribution in [1.82, 2.24) is 4.57 Å². The molecule has 1 aliphatic rings. The van der Waals surface area contributed by atoms with E-state index < -0.39 is 12.0 Å².